The molecule has 1 aliphatic carbocycles. The van der Waals surface area contributed by atoms with Gasteiger partial charge in [-0.3, -0.25) is 14.5 Å². The van der Waals surface area contributed by atoms with Gasteiger partial charge in [-0.1, -0.05) is 11.6 Å². The molecular weight excluding hydrogens is 488 g/mol. The highest BCUT2D eigenvalue weighted by molar-refractivity contribution is 6.30. The summed E-state index contributed by atoms with van der Waals surface area (Å²) in [5.74, 6) is 0.221. The number of nitrogens with zero attached hydrogens (tertiary/aromatic N) is 5. The van der Waals surface area contributed by atoms with Crippen molar-refractivity contribution < 1.29 is 18.3 Å². The fourth-order valence-electron chi connectivity index (χ4n) is 5.10. The van der Waals surface area contributed by atoms with Gasteiger partial charge in [-0.15, -0.1) is 10.2 Å². The van der Waals surface area contributed by atoms with Gasteiger partial charge >= 0.3 is 6.09 Å². The van der Waals surface area contributed by atoms with Crippen molar-refractivity contribution in [3.05, 3.63) is 70.0 Å². The van der Waals surface area contributed by atoms with Crippen molar-refractivity contribution in [2.24, 2.45) is 0 Å². The minimum Gasteiger partial charge on any atom is -0.444 e. The highest BCUT2D eigenvalue weighted by Gasteiger charge is 2.34. The molecule has 36 heavy (non-hydrogen) atoms. The van der Waals surface area contributed by atoms with Crippen LogP contribution in [0.3, 0.4) is 0 Å². The molecule has 2 aliphatic rings. The minimum atomic E-state index is -0.671. The summed E-state index contributed by atoms with van der Waals surface area (Å²) in [6, 6.07) is 6.49. The van der Waals surface area contributed by atoms with Crippen LogP contribution in [0, 0.1) is 11.6 Å². The number of pyridine rings is 1. The first-order valence-corrected chi connectivity index (χ1v) is 12.5. The molecule has 1 aromatic carbocycles. The number of carbonyl (C=O) groups is 1. The van der Waals surface area contributed by atoms with Gasteiger partial charge in [-0.25, -0.2) is 13.6 Å². The summed E-state index contributed by atoms with van der Waals surface area (Å²) < 4.78 is 35.2. The lowest BCUT2D eigenvalue weighted by atomic mass is 9.79. The zero-order chi connectivity index (χ0) is 25.6. The van der Waals surface area contributed by atoms with E-state index in [4.69, 9.17) is 16.3 Å². The second kappa shape index (κ2) is 9.42. The van der Waals surface area contributed by atoms with Crippen LogP contribution in [0.25, 0.3) is 5.69 Å². The molecule has 190 valence electrons. The van der Waals surface area contributed by atoms with Gasteiger partial charge in [0.05, 0.1) is 30.7 Å². The number of rotatable bonds is 2. The summed E-state index contributed by atoms with van der Waals surface area (Å²) in [6.45, 7) is 6.07. The van der Waals surface area contributed by atoms with Crippen LogP contribution in [0.5, 0.6) is 0 Å². The van der Waals surface area contributed by atoms with Crippen LogP contribution in [0.15, 0.2) is 30.5 Å². The average Bonchev–Trinajstić information content (AvgIpc) is 3.14. The molecule has 0 radical (unpaired) electrons. The van der Waals surface area contributed by atoms with Crippen LogP contribution < -0.4 is 0 Å². The summed E-state index contributed by atoms with van der Waals surface area (Å²) >= 11 is 6.31. The molecule has 2 aromatic heterocycles. The largest absolute Gasteiger partial charge is 0.444 e. The summed E-state index contributed by atoms with van der Waals surface area (Å²) in [7, 11) is 0. The number of hydrogen-bond donors (Lipinski definition) is 0. The van der Waals surface area contributed by atoms with Gasteiger partial charge in [-0.05, 0) is 70.2 Å². The lowest BCUT2D eigenvalue weighted by Crippen LogP contribution is -2.35. The Hall–Kier alpha value is -3.07. The third-order valence-corrected chi connectivity index (χ3v) is 6.93. The van der Waals surface area contributed by atoms with E-state index < -0.39 is 23.3 Å². The van der Waals surface area contributed by atoms with Crippen LogP contribution in [0.1, 0.15) is 81.2 Å². The summed E-state index contributed by atoms with van der Waals surface area (Å²) in [5.41, 5.74) is 1.45. The van der Waals surface area contributed by atoms with Crippen molar-refractivity contribution in [2.45, 2.75) is 77.0 Å². The molecule has 0 bridgehead atoms. The first kappa shape index (κ1) is 24.6. The Morgan fingerprint density at radius 2 is 1.78 bits per heavy atom. The molecule has 0 spiro atoms. The number of halogens is 3. The smallest absolute Gasteiger partial charge is 0.411 e. The molecule has 0 N–H and O–H groups in total. The Labute approximate surface area is 213 Å². The first-order valence-electron chi connectivity index (χ1n) is 12.1. The first-order chi connectivity index (χ1) is 17.1. The SMILES string of the molecule is CC(C)(C)OC(=O)N1Cc2cc(Cl)ccc2-n2c(nnc2C2CCC(c3ncc(F)cc3F)CC2)C1. The second-order valence-electron chi connectivity index (χ2n) is 10.5. The maximum Gasteiger partial charge on any atom is 0.411 e. The molecule has 10 heteroatoms. The summed E-state index contributed by atoms with van der Waals surface area (Å²) in [5, 5.41) is 9.58. The zero-order valence-electron chi connectivity index (χ0n) is 20.5. The van der Waals surface area contributed by atoms with E-state index in [0.29, 0.717) is 35.9 Å². The highest BCUT2D eigenvalue weighted by Crippen LogP contribution is 2.41. The predicted octanol–water partition coefficient (Wildman–Crippen LogP) is 6.29. The Morgan fingerprint density at radius 3 is 2.47 bits per heavy atom. The second-order valence-corrected chi connectivity index (χ2v) is 10.9. The van der Waals surface area contributed by atoms with Gasteiger partial charge < -0.3 is 4.74 Å². The number of fused-ring (bicyclic) bond motifs is 3. The molecule has 3 aromatic rings. The van der Waals surface area contributed by atoms with E-state index in [-0.39, 0.29) is 18.4 Å². The number of aromatic nitrogens is 4. The van der Waals surface area contributed by atoms with Gasteiger partial charge in [0.25, 0.3) is 0 Å². The molecule has 7 nitrogen and oxygen atoms in total. The number of ether oxygens (including phenoxy) is 1. The fraction of sp³-hybridized carbons (Fsp3) is 0.462. The molecule has 3 heterocycles. The fourth-order valence-corrected chi connectivity index (χ4v) is 5.29. The maximum absolute atomic E-state index is 14.3. The van der Waals surface area contributed by atoms with E-state index >= 15 is 0 Å². The zero-order valence-corrected chi connectivity index (χ0v) is 21.2. The summed E-state index contributed by atoms with van der Waals surface area (Å²) in [4.78, 5) is 18.6. The van der Waals surface area contributed by atoms with E-state index in [1.54, 1.807) is 4.90 Å². The van der Waals surface area contributed by atoms with Crippen LogP contribution in [-0.2, 0) is 17.8 Å². The van der Waals surface area contributed by atoms with Crippen molar-refractivity contribution in [2.75, 3.05) is 0 Å². The number of amides is 1. The molecule has 1 aliphatic heterocycles. The number of hydrogen-bond acceptors (Lipinski definition) is 5. The van der Waals surface area contributed by atoms with E-state index in [0.717, 1.165) is 42.2 Å². The number of benzene rings is 1. The highest BCUT2D eigenvalue weighted by atomic mass is 35.5. The quantitative estimate of drug-likeness (QED) is 0.401. The predicted molar refractivity (Wildman–Crippen MR) is 130 cm³/mol. The normalized spacial score (nSPS) is 19.9. The third kappa shape index (κ3) is 4.93. The van der Waals surface area contributed by atoms with Crippen LogP contribution in [-0.4, -0.2) is 36.3 Å². The van der Waals surface area contributed by atoms with E-state index in [1.807, 2.05) is 43.5 Å². The van der Waals surface area contributed by atoms with Gasteiger partial charge in [0.2, 0.25) is 0 Å². The van der Waals surface area contributed by atoms with Gasteiger partial charge in [0.1, 0.15) is 23.1 Å². The van der Waals surface area contributed by atoms with Crippen LogP contribution in [0.4, 0.5) is 13.6 Å². The van der Waals surface area contributed by atoms with Crippen molar-refractivity contribution in [1.82, 2.24) is 24.6 Å². The van der Waals surface area contributed by atoms with Crippen molar-refractivity contribution in [3.8, 4) is 5.69 Å². The summed E-state index contributed by atoms with van der Waals surface area (Å²) in [6.07, 6.45) is 3.59. The van der Waals surface area contributed by atoms with Gasteiger partial charge in [0.15, 0.2) is 5.82 Å². The Kier molecular flexibility index (Phi) is 6.44. The maximum atomic E-state index is 14.3. The Bertz CT molecular complexity index is 1300. The number of carbonyl (C=O) groups excluding carboxylic acids is 1. The van der Waals surface area contributed by atoms with E-state index in [1.165, 1.54) is 0 Å². The van der Waals surface area contributed by atoms with Gasteiger partial charge in [-0.2, -0.15) is 0 Å². The average molecular weight is 516 g/mol. The lowest BCUT2D eigenvalue weighted by Gasteiger charge is -2.28. The Morgan fingerprint density at radius 1 is 1.06 bits per heavy atom. The molecular formula is C26H28ClF2N5O2. The lowest BCUT2D eigenvalue weighted by molar-refractivity contribution is 0.0214. The van der Waals surface area contributed by atoms with E-state index in [2.05, 4.69) is 15.2 Å². The molecule has 0 saturated heterocycles. The topological polar surface area (TPSA) is 73.1 Å². The monoisotopic (exact) mass is 515 g/mol. The Balaban J connectivity index is 1.43. The van der Waals surface area contributed by atoms with Crippen LogP contribution >= 0.6 is 11.6 Å². The van der Waals surface area contributed by atoms with Crippen molar-refractivity contribution in [1.29, 1.82) is 0 Å². The molecule has 5 rings (SSSR count). The molecule has 1 fully saturated rings. The molecule has 0 unspecified atom stereocenters. The van der Waals surface area contributed by atoms with Crippen LogP contribution in [0.2, 0.25) is 5.02 Å². The standard InChI is InChI=1S/C26H28ClF2N5O2/c1-26(2,3)36-25(35)33-13-17-10-18(27)8-9-21(17)34-22(14-33)31-32-24(34)16-6-4-15(5-7-16)23-20(29)11-19(28)12-30-23/h8-12,15-16H,4-7,13-14H2,1-3H3. The molecule has 1 amide bonds. The third-order valence-electron chi connectivity index (χ3n) is 6.70. The van der Waals surface area contributed by atoms with E-state index in [9.17, 15) is 13.6 Å². The minimum absolute atomic E-state index is 0.0675. The van der Waals surface area contributed by atoms with Crippen molar-refractivity contribution in [3.63, 3.8) is 0 Å². The van der Waals surface area contributed by atoms with Crippen molar-refractivity contribution >= 4 is 17.7 Å². The molecule has 0 atom stereocenters. The molecule has 1 saturated carbocycles. The van der Waals surface area contributed by atoms with Gasteiger partial charge in [0, 0.05) is 22.9 Å².